The van der Waals surface area contributed by atoms with Gasteiger partial charge in [-0.3, -0.25) is 14.2 Å². The van der Waals surface area contributed by atoms with E-state index in [0.717, 1.165) is 96.3 Å². The second-order valence-corrected chi connectivity index (χ2v) is 27.7. The Bertz CT molecular complexity index is 1820. The van der Waals surface area contributed by atoms with E-state index in [9.17, 15) is 19.0 Å². The van der Waals surface area contributed by atoms with Gasteiger partial charge in [-0.2, -0.15) is 0 Å². The van der Waals surface area contributed by atoms with Crippen LogP contribution in [0.3, 0.4) is 0 Å². The second kappa shape index (κ2) is 69.3. The molecule has 0 aliphatic rings. The molecule has 0 rings (SSSR count). The molecule has 2 unspecified atom stereocenters. The molecule has 516 valence electrons. The van der Waals surface area contributed by atoms with Gasteiger partial charge in [0.05, 0.1) is 27.7 Å². The summed E-state index contributed by atoms with van der Waals surface area (Å²) in [4.78, 5) is 38.1. The fourth-order valence-corrected chi connectivity index (χ4v) is 11.4. The van der Waals surface area contributed by atoms with Gasteiger partial charge in [0, 0.05) is 12.8 Å². The molecule has 0 aliphatic heterocycles. The number of phosphoric acid groups is 1. The maximum absolute atomic E-state index is 12.9. The van der Waals surface area contributed by atoms with Crippen LogP contribution in [0.5, 0.6) is 0 Å². The highest BCUT2D eigenvalue weighted by atomic mass is 31.2. The molecule has 0 heterocycles. The Morgan fingerprint density at radius 2 is 0.640 bits per heavy atom. The molecule has 0 N–H and O–H groups in total. The Morgan fingerprint density at radius 3 is 0.955 bits per heavy atom. The largest absolute Gasteiger partial charge is 0.756 e. The Kier molecular flexibility index (Phi) is 66.9. The molecule has 0 bridgehead atoms. The molecule has 0 aromatic rings. The van der Waals surface area contributed by atoms with Crippen LogP contribution in [-0.2, 0) is 32.7 Å². The molecule has 0 aromatic carbocycles. The molecule has 0 saturated heterocycles. The highest BCUT2D eigenvalue weighted by molar-refractivity contribution is 7.45. The summed E-state index contributed by atoms with van der Waals surface area (Å²) in [5, 5.41) is 0. The summed E-state index contributed by atoms with van der Waals surface area (Å²) < 4.78 is 34.4. The van der Waals surface area contributed by atoms with E-state index in [1.807, 2.05) is 21.1 Å². The smallest absolute Gasteiger partial charge is 0.306 e. The van der Waals surface area contributed by atoms with Gasteiger partial charge in [0.25, 0.3) is 7.82 Å². The van der Waals surface area contributed by atoms with Crippen LogP contribution >= 0.6 is 7.82 Å². The minimum absolute atomic E-state index is 0.0352. The maximum atomic E-state index is 12.9. The van der Waals surface area contributed by atoms with Crippen molar-refractivity contribution in [3.05, 3.63) is 97.2 Å². The number of ether oxygens (including phenoxy) is 2. The highest BCUT2D eigenvalue weighted by Gasteiger charge is 2.22. The first kappa shape index (κ1) is 85.9. The Labute approximate surface area is 551 Å². The lowest BCUT2D eigenvalue weighted by atomic mass is 10.0. The van der Waals surface area contributed by atoms with E-state index >= 15 is 0 Å². The number of hydrogen-bond acceptors (Lipinski definition) is 8. The van der Waals surface area contributed by atoms with Gasteiger partial charge in [-0.15, -0.1) is 0 Å². The molecule has 10 heteroatoms. The summed E-state index contributed by atoms with van der Waals surface area (Å²) in [6.07, 6.45) is 96.5. The zero-order valence-corrected chi connectivity index (χ0v) is 59.8. The molecule has 0 amide bonds. The van der Waals surface area contributed by atoms with E-state index in [2.05, 4.69) is 111 Å². The van der Waals surface area contributed by atoms with Crippen molar-refractivity contribution in [2.75, 3.05) is 47.5 Å². The van der Waals surface area contributed by atoms with Crippen molar-refractivity contribution in [1.82, 2.24) is 0 Å². The van der Waals surface area contributed by atoms with E-state index in [0.29, 0.717) is 17.4 Å². The normalized spacial score (nSPS) is 13.6. The monoisotopic (exact) mass is 1260 g/mol. The number of esters is 2. The van der Waals surface area contributed by atoms with Crippen molar-refractivity contribution in [2.45, 2.75) is 347 Å². The number of nitrogens with zero attached hydrogens (tertiary/aromatic N) is 1. The first-order valence-electron chi connectivity index (χ1n) is 37.4. The van der Waals surface area contributed by atoms with Crippen LogP contribution in [-0.4, -0.2) is 70.0 Å². The summed E-state index contributed by atoms with van der Waals surface area (Å²) in [6, 6.07) is 0. The number of likely N-dealkylation sites (N-methyl/N-ethyl adjacent to an activating group) is 1. The SMILES string of the molecule is CC/C=C\C/C=C\C/C=C\C/C=C\C/C=C\C/C=C\C/C=C\C/C=C\CCCCCCCCCCC(=O)OC(COC(=O)CCCCCCCCCCCCCCCCCCCCCCCCCCCCCCCCCC)COP(=O)([O-])OCC[N+](C)(C)C. The Morgan fingerprint density at radius 1 is 0.360 bits per heavy atom. The molecule has 0 aromatic heterocycles. The molecule has 0 aliphatic carbocycles. The lowest BCUT2D eigenvalue weighted by Crippen LogP contribution is -2.37. The van der Waals surface area contributed by atoms with Crippen molar-refractivity contribution in [2.24, 2.45) is 0 Å². The number of rotatable bonds is 69. The van der Waals surface area contributed by atoms with Crippen molar-refractivity contribution in [1.29, 1.82) is 0 Å². The highest BCUT2D eigenvalue weighted by Crippen LogP contribution is 2.38. The molecule has 0 saturated carbocycles. The predicted molar refractivity (Wildman–Crippen MR) is 383 cm³/mol. The Hall–Kier alpha value is -3.07. The standard InChI is InChI=1S/C79H142NO8P/c1-6-8-10-12-14-16-18-20-22-24-26-28-30-32-34-36-38-40-42-44-46-48-50-52-54-56-58-60-62-64-66-68-70-72-79(82)88-77(76-87-89(83,84)86-74-73-80(3,4)5)75-85-78(81)71-69-67-65-63-61-59-57-55-53-51-49-47-45-43-41-39-37-35-33-31-29-27-25-23-21-19-17-15-13-11-9-7-2/h8,10,14,16,20,22,26,28,32,34,38,40,44,46,50,52,77H,6-7,9,11-13,15,17-19,21,23-25,27,29-31,33,35-37,39,41-43,45,47-49,51,53-76H2,1-5H3/b10-8-,16-14-,22-20-,28-26-,34-32-,40-38-,46-44-,52-50-. The fraction of sp³-hybridized carbons (Fsp3) is 0.772. The van der Waals surface area contributed by atoms with E-state index in [1.54, 1.807) is 0 Å². The minimum Gasteiger partial charge on any atom is -0.756 e. The first-order valence-corrected chi connectivity index (χ1v) is 38.9. The van der Waals surface area contributed by atoms with Gasteiger partial charge in [0.2, 0.25) is 0 Å². The summed E-state index contributed by atoms with van der Waals surface area (Å²) in [7, 11) is 1.16. The van der Waals surface area contributed by atoms with Gasteiger partial charge in [-0.25, -0.2) is 0 Å². The van der Waals surface area contributed by atoms with E-state index in [-0.39, 0.29) is 32.0 Å². The second-order valence-electron chi connectivity index (χ2n) is 26.3. The van der Waals surface area contributed by atoms with Gasteiger partial charge >= 0.3 is 11.9 Å². The van der Waals surface area contributed by atoms with E-state index in [4.69, 9.17) is 18.5 Å². The molecule has 9 nitrogen and oxygen atoms in total. The van der Waals surface area contributed by atoms with Gasteiger partial charge in [0.1, 0.15) is 19.8 Å². The average Bonchev–Trinajstić information content (AvgIpc) is 3.60. The third-order valence-electron chi connectivity index (χ3n) is 16.4. The summed E-state index contributed by atoms with van der Waals surface area (Å²) in [6.45, 7) is 4.16. The van der Waals surface area contributed by atoms with Crippen LogP contribution in [0, 0.1) is 0 Å². The number of hydrogen-bond donors (Lipinski definition) is 0. The third kappa shape index (κ3) is 73.9. The lowest BCUT2D eigenvalue weighted by molar-refractivity contribution is -0.870. The van der Waals surface area contributed by atoms with Crippen molar-refractivity contribution in [3.63, 3.8) is 0 Å². The summed E-state index contributed by atoms with van der Waals surface area (Å²) >= 11 is 0. The zero-order valence-electron chi connectivity index (χ0n) is 58.9. The summed E-state index contributed by atoms with van der Waals surface area (Å²) in [5.74, 6) is -0.833. The molecule has 89 heavy (non-hydrogen) atoms. The van der Waals surface area contributed by atoms with E-state index in [1.165, 1.54) is 212 Å². The third-order valence-corrected chi connectivity index (χ3v) is 17.3. The number of phosphoric ester groups is 1. The first-order chi connectivity index (χ1) is 43.5. The van der Waals surface area contributed by atoms with Gasteiger partial charge < -0.3 is 27.9 Å². The van der Waals surface area contributed by atoms with Crippen LogP contribution in [0.15, 0.2) is 97.2 Å². The van der Waals surface area contributed by atoms with Gasteiger partial charge in [-0.1, -0.05) is 349 Å². The van der Waals surface area contributed by atoms with Crippen molar-refractivity contribution in [3.8, 4) is 0 Å². The topological polar surface area (TPSA) is 111 Å². The molecule has 0 radical (unpaired) electrons. The molecular weight excluding hydrogens is 1120 g/mol. The zero-order chi connectivity index (χ0) is 64.8. The molecule has 0 fully saturated rings. The van der Waals surface area contributed by atoms with Crippen LogP contribution in [0.2, 0.25) is 0 Å². The quantitative estimate of drug-likeness (QED) is 0.0195. The number of allylic oxidation sites excluding steroid dienone is 16. The fourth-order valence-electron chi connectivity index (χ4n) is 10.7. The summed E-state index contributed by atoms with van der Waals surface area (Å²) in [5.41, 5.74) is 0. The van der Waals surface area contributed by atoms with Gasteiger partial charge in [-0.05, 0) is 77.0 Å². The predicted octanol–water partition coefficient (Wildman–Crippen LogP) is 24.0. The van der Waals surface area contributed by atoms with Crippen molar-refractivity contribution >= 4 is 19.8 Å². The van der Waals surface area contributed by atoms with Gasteiger partial charge in [0.15, 0.2) is 6.10 Å². The Balaban J connectivity index is 4.04. The van der Waals surface area contributed by atoms with Crippen LogP contribution < -0.4 is 4.89 Å². The minimum atomic E-state index is -4.65. The number of unbranched alkanes of at least 4 members (excludes halogenated alkanes) is 39. The van der Waals surface area contributed by atoms with Crippen LogP contribution in [0.1, 0.15) is 341 Å². The van der Waals surface area contributed by atoms with Crippen LogP contribution in [0.25, 0.3) is 0 Å². The maximum Gasteiger partial charge on any atom is 0.306 e. The van der Waals surface area contributed by atoms with Crippen molar-refractivity contribution < 1.29 is 42.1 Å². The lowest BCUT2D eigenvalue weighted by Gasteiger charge is -2.28. The average molecular weight is 1260 g/mol. The number of quaternary nitrogens is 1. The van der Waals surface area contributed by atoms with E-state index < -0.39 is 26.5 Å². The number of carbonyl (C=O) groups is 2. The van der Waals surface area contributed by atoms with Crippen LogP contribution in [0.4, 0.5) is 0 Å². The molecule has 0 spiro atoms. The molecule has 2 atom stereocenters. The number of carbonyl (C=O) groups excluding carboxylic acids is 2. The molecular formula is C79H142NO8P.